The van der Waals surface area contributed by atoms with Gasteiger partial charge in [0, 0.05) is 17.8 Å². The van der Waals surface area contributed by atoms with Crippen LogP contribution in [0.1, 0.15) is 107 Å². The van der Waals surface area contributed by atoms with Crippen molar-refractivity contribution >= 4 is 5.97 Å². The van der Waals surface area contributed by atoms with Gasteiger partial charge in [-0.25, -0.2) is 0 Å². The van der Waals surface area contributed by atoms with Gasteiger partial charge in [0.15, 0.2) is 12.4 Å². The van der Waals surface area contributed by atoms with E-state index < -0.39 is 59.9 Å². The lowest BCUT2D eigenvalue weighted by Gasteiger charge is -2.63. The number of carbonyl (C=O) groups is 1. The van der Waals surface area contributed by atoms with Crippen LogP contribution in [-0.4, -0.2) is 92.7 Å². The molecule has 15 atom stereocenters. The second-order valence-electron chi connectivity index (χ2n) is 18.2. The van der Waals surface area contributed by atoms with Gasteiger partial charge in [0.2, 0.25) is 0 Å². The maximum atomic E-state index is 12.5. The first-order valence-electron chi connectivity index (χ1n) is 18.1. The maximum absolute atomic E-state index is 12.5. The molecule has 0 amide bonds. The van der Waals surface area contributed by atoms with Crippen molar-refractivity contribution in [3.63, 3.8) is 0 Å². The summed E-state index contributed by atoms with van der Waals surface area (Å²) in [6, 6.07) is 0. The van der Waals surface area contributed by atoms with Crippen molar-refractivity contribution in [1.29, 1.82) is 0 Å². The first-order valence-corrected chi connectivity index (χ1v) is 18.1. The van der Waals surface area contributed by atoms with Gasteiger partial charge < -0.3 is 44.5 Å². The van der Waals surface area contributed by atoms with E-state index in [1.54, 1.807) is 13.8 Å². The molecule has 0 bridgehead atoms. The van der Waals surface area contributed by atoms with Crippen LogP contribution in [0.4, 0.5) is 0 Å². The summed E-state index contributed by atoms with van der Waals surface area (Å²) in [7, 11) is 0. The lowest BCUT2D eigenvalue weighted by Crippen LogP contribution is -2.61. The number of esters is 1. The Labute approximate surface area is 279 Å². The first kappa shape index (κ1) is 34.2. The van der Waals surface area contributed by atoms with E-state index in [9.17, 15) is 30.3 Å². The van der Waals surface area contributed by atoms with Crippen molar-refractivity contribution in [2.24, 2.45) is 44.8 Å². The van der Waals surface area contributed by atoms with Crippen molar-refractivity contribution < 1.29 is 49.3 Å². The summed E-state index contributed by atoms with van der Waals surface area (Å²) in [5.74, 6) is 1.00. The Bertz CT molecular complexity index is 1320. The standard InChI is InChI=1S/C37H58O10/c1-18-15-21(30(33(5,6)43)45-19(2)38)46-28-25(18)34(7)13-14-37-17-36(37)12-11-24(47-31-27(41)26(40)20(39)16-44-31)32(3,4)22(36)9-10-23(37)35(34,8)29(28)42/h18,20-24,26-27,29-31,39-43H,9-17H2,1-8H3/t18-,20-,21-,22+,23+,24+,26+,27-,29+,30-,31+,34-,35-,36-,37+/m1/s1. The highest BCUT2D eigenvalue weighted by atomic mass is 16.7. The fraction of sp³-hybridized carbons (Fsp3) is 0.919. The smallest absolute Gasteiger partial charge is 0.303 e. The number of ether oxygens (including phenoxy) is 4. The van der Waals surface area contributed by atoms with E-state index in [0.29, 0.717) is 24.0 Å². The van der Waals surface area contributed by atoms with Crippen LogP contribution < -0.4 is 0 Å². The minimum Gasteiger partial charge on any atom is -0.488 e. The minimum absolute atomic E-state index is 0.0723. The molecule has 5 fully saturated rings. The zero-order valence-corrected chi connectivity index (χ0v) is 29.5. The van der Waals surface area contributed by atoms with Crippen molar-refractivity contribution in [3.8, 4) is 0 Å². The molecule has 1 saturated heterocycles. The zero-order valence-electron chi connectivity index (χ0n) is 29.5. The molecular weight excluding hydrogens is 604 g/mol. The van der Waals surface area contributed by atoms with Gasteiger partial charge >= 0.3 is 5.97 Å². The third-order valence-electron chi connectivity index (χ3n) is 15.3. The highest BCUT2D eigenvalue weighted by Gasteiger charge is 2.83. The van der Waals surface area contributed by atoms with Crippen LogP contribution in [0.15, 0.2) is 11.3 Å². The number of hydrogen-bond donors (Lipinski definition) is 5. The maximum Gasteiger partial charge on any atom is 0.303 e. The predicted octanol–water partition coefficient (Wildman–Crippen LogP) is 3.60. The molecular formula is C37H58O10. The molecule has 10 heteroatoms. The van der Waals surface area contributed by atoms with E-state index in [4.69, 9.17) is 18.9 Å². The molecule has 2 heterocycles. The third kappa shape index (κ3) is 4.43. The third-order valence-corrected chi connectivity index (χ3v) is 15.3. The normalized spacial score (nSPS) is 52.2. The molecule has 7 aliphatic rings. The molecule has 47 heavy (non-hydrogen) atoms. The number of aliphatic hydroxyl groups excluding tert-OH is 4. The molecule has 266 valence electrons. The lowest BCUT2D eigenvalue weighted by molar-refractivity contribution is -0.303. The Balaban J connectivity index is 1.15. The molecule has 2 spiro atoms. The quantitative estimate of drug-likeness (QED) is 0.218. The van der Waals surface area contributed by atoms with Crippen molar-refractivity contribution in [2.75, 3.05) is 6.61 Å². The van der Waals surface area contributed by atoms with E-state index in [1.165, 1.54) is 12.5 Å². The van der Waals surface area contributed by atoms with Gasteiger partial charge in [-0.3, -0.25) is 4.79 Å². The van der Waals surface area contributed by atoms with Crippen LogP contribution >= 0.6 is 0 Å². The molecule has 10 nitrogen and oxygen atoms in total. The summed E-state index contributed by atoms with van der Waals surface area (Å²) in [5, 5.41) is 54.3. The SMILES string of the molecule is CC(=O)O[C@H]([C@H]1C[C@@H](C)C2=C(O1)[C@H](O)[C@@]1(C)[C@@H]3CC[C@H]4C(C)(C)[C@@H](O[C@@H]5OC[C@@H](O)[C@H](O)[C@H]5O)CC[C@@]45C[C@@]35CC[C@]21C)C(C)(C)O. The monoisotopic (exact) mass is 662 g/mol. The topological polar surface area (TPSA) is 155 Å². The summed E-state index contributed by atoms with van der Waals surface area (Å²) >= 11 is 0. The summed E-state index contributed by atoms with van der Waals surface area (Å²) in [4.78, 5) is 12.0. The average molecular weight is 663 g/mol. The van der Waals surface area contributed by atoms with Gasteiger partial charge in [0.25, 0.3) is 0 Å². The van der Waals surface area contributed by atoms with Crippen molar-refractivity contribution in [1.82, 2.24) is 0 Å². The number of allylic oxidation sites excluding steroid dienone is 1. The summed E-state index contributed by atoms with van der Waals surface area (Å²) in [6.45, 7) is 16.0. The largest absolute Gasteiger partial charge is 0.488 e. The Morgan fingerprint density at radius 1 is 0.957 bits per heavy atom. The Kier molecular flexibility index (Phi) is 7.73. The highest BCUT2D eigenvalue weighted by molar-refractivity contribution is 5.66. The van der Waals surface area contributed by atoms with Crippen LogP contribution in [0.2, 0.25) is 0 Å². The number of rotatable bonds is 5. The molecule has 0 aromatic heterocycles. The number of hydrogen-bond acceptors (Lipinski definition) is 10. The van der Waals surface area contributed by atoms with E-state index in [0.717, 1.165) is 44.9 Å². The fourth-order valence-corrected chi connectivity index (χ4v) is 13.0. The second kappa shape index (κ2) is 10.6. The van der Waals surface area contributed by atoms with Crippen LogP contribution in [0, 0.1) is 44.8 Å². The lowest BCUT2D eigenvalue weighted by atomic mass is 9.41. The van der Waals surface area contributed by atoms with Gasteiger partial charge in [-0.1, -0.05) is 34.6 Å². The van der Waals surface area contributed by atoms with Gasteiger partial charge in [0.05, 0.1) is 18.3 Å². The average Bonchev–Trinajstić information content (AvgIpc) is 3.61. The van der Waals surface area contributed by atoms with E-state index in [1.807, 2.05) is 0 Å². The first-order chi connectivity index (χ1) is 21.8. The molecule has 0 aromatic carbocycles. The van der Waals surface area contributed by atoms with Crippen LogP contribution in [0.3, 0.4) is 0 Å². The summed E-state index contributed by atoms with van der Waals surface area (Å²) in [6.07, 6.45) is 0.627. The van der Waals surface area contributed by atoms with Crippen molar-refractivity contribution in [2.45, 2.75) is 161 Å². The summed E-state index contributed by atoms with van der Waals surface area (Å²) < 4.78 is 24.4. The molecule has 2 aliphatic heterocycles. The molecule has 5 N–H and O–H groups in total. The number of carbonyl (C=O) groups excluding carboxylic acids is 1. The molecule has 0 aromatic rings. The van der Waals surface area contributed by atoms with Gasteiger partial charge in [-0.2, -0.15) is 0 Å². The molecule has 7 rings (SSSR count). The number of aliphatic hydroxyl groups is 5. The zero-order chi connectivity index (χ0) is 34.3. The molecule has 0 radical (unpaired) electrons. The highest BCUT2D eigenvalue weighted by Crippen LogP contribution is 2.89. The number of fused-ring (bicyclic) bond motifs is 3. The van der Waals surface area contributed by atoms with Crippen LogP contribution in [0.5, 0.6) is 0 Å². The summed E-state index contributed by atoms with van der Waals surface area (Å²) in [5.41, 5.74) is -0.669. The molecule has 0 unspecified atom stereocenters. The van der Waals surface area contributed by atoms with Gasteiger partial charge in [0.1, 0.15) is 36.3 Å². The van der Waals surface area contributed by atoms with Crippen LogP contribution in [0.25, 0.3) is 0 Å². The van der Waals surface area contributed by atoms with E-state index >= 15 is 0 Å². The minimum atomic E-state index is -1.31. The predicted molar refractivity (Wildman–Crippen MR) is 170 cm³/mol. The van der Waals surface area contributed by atoms with Crippen LogP contribution in [-0.2, 0) is 23.7 Å². The van der Waals surface area contributed by atoms with Crippen molar-refractivity contribution in [3.05, 3.63) is 11.3 Å². The Morgan fingerprint density at radius 2 is 1.62 bits per heavy atom. The second-order valence-corrected chi connectivity index (χ2v) is 18.2. The Hall–Kier alpha value is -1.27. The van der Waals surface area contributed by atoms with E-state index in [-0.39, 0.29) is 40.3 Å². The molecule has 4 saturated carbocycles. The van der Waals surface area contributed by atoms with Gasteiger partial charge in [-0.15, -0.1) is 0 Å². The fourth-order valence-electron chi connectivity index (χ4n) is 13.0. The van der Waals surface area contributed by atoms with Gasteiger partial charge in [-0.05, 0) is 105 Å². The van der Waals surface area contributed by atoms with E-state index in [2.05, 4.69) is 34.6 Å². The Morgan fingerprint density at radius 3 is 2.28 bits per heavy atom. The molecule has 5 aliphatic carbocycles.